The number of unbranched alkanes of at least 4 members (excludes halogenated alkanes) is 2. The number of ether oxygens (including phenoxy) is 8. The zero-order chi connectivity index (χ0) is 48.3. The first-order valence-corrected chi connectivity index (χ1v) is 23.8. The molecule has 2 aromatic carbocycles. The van der Waals surface area contributed by atoms with Gasteiger partial charge in [-0.3, -0.25) is 4.79 Å². The van der Waals surface area contributed by atoms with E-state index in [1.165, 1.54) is 6.08 Å². The average molecular weight is 915 g/mol. The van der Waals surface area contributed by atoms with E-state index in [0.717, 1.165) is 36.8 Å². The van der Waals surface area contributed by atoms with Crippen LogP contribution in [0.5, 0.6) is 11.5 Å². The molecule has 0 amide bonds. The number of fused-ring (bicyclic) bond motifs is 4. The highest BCUT2D eigenvalue weighted by Crippen LogP contribution is 2.36. The Balaban J connectivity index is 0.000000247. The number of hydrogen-bond acceptors (Lipinski definition) is 12. The van der Waals surface area contributed by atoms with Gasteiger partial charge in [0, 0.05) is 23.0 Å². The third-order valence-electron chi connectivity index (χ3n) is 12.3. The standard InChI is InChI=1S/C27H38O6.C27H36O6/c2*1-7-8-16-30-22-15-13-18(3)24-20(22)10-9-11-23-25(33-27(5,6)32-23)21(28)14-12-17(2)19(4)31-26(24)29/h9-10,12-15,17,19,21,23,25,28H,7-8,11,16H2,1-6H3;9-10,12-15,17,19,23,25H,7-8,11,16H2,1-6H3/b2*10-9+,14-12-/t17-,19+,21?,23+,25-;17-,19+,23+,25-/m11/s1. The molecule has 0 bridgehead atoms. The van der Waals surface area contributed by atoms with Gasteiger partial charge in [-0.25, -0.2) is 9.59 Å². The fourth-order valence-corrected chi connectivity index (χ4v) is 8.14. The summed E-state index contributed by atoms with van der Waals surface area (Å²) in [7, 11) is 0. The maximum absolute atomic E-state index is 13.2. The molecule has 12 nitrogen and oxygen atoms in total. The Bertz CT molecular complexity index is 2110. The zero-order valence-corrected chi connectivity index (χ0v) is 41.2. The second kappa shape index (κ2) is 23.4. The molecule has 4 aliphatic rings. The molecule has 4 aliphatic heterocycles. The summed E-state index contributed by atoms with van der Waals surface area (Å²) in [5.74, 6) is -1.51. The quantitative estimate of drug-likeness (QED) is 0.153. The number of carbonyl (C=O) groups is 3. The third-order valence-corrected chi connectivity index (χ3v) is 12.3. The molecule has 0 saturated carbocycles. The van der Waals surface area contributed by atoms with Crippen LogP contribution in [0.1, 0.15) is 151 Å². The molecule has 2 fully saturated rings. The number of aryl methyl sites for hydroxylation is 2. The first-order valence-electron chi connectivity index (χ1n) is 23.8. The van der Waals surface area contributed by atoms with Crippen LogP contribution in [0.4, 0.5) is 0 Å². The Morgan fingerprint density at radius 3 is 1.61 bits per heavy atom. The lowest BCUT2D eigenvalue weighted by Gasteiger charge is -2.23. The number of aliphatic hydroxyl groups is 1. The summed E-state index contributed by atoms with van der Waals surface area (Å²) >= 11 is 0. The van der Waals surface area contributed by atoms with Crippen LogP contribution in [0.2, 0.25) is 0 Å². The van der Waals surface area contributed by atoms with Gasteiger partial charge in [-0.2, -0.15) is 0 Å². The molecule has 6 rings (SSSR count). The van der Waals surface area contributed by atoms with Gasteiger partial charge in [-0.1, -0.05) is 95.2 Å². The third kappa shape index (κ3) is 13.8. The highest BCUT2D eigenvalue weighted by Gasteiger charge is 2.45. The summed E-state index contributed by atoms with van der Waals surface area (Å²) in [6.07, 6.45) is 15.8. The monoisotopic (exact) mass is 915 g/mol. The van der Waals surface area contributed by atoms with Crippen molar-refractivity contribution >= 4 is 29.9 Å². The molecular formula is C54H74O12. The van der Waals surface area contributed by atoms with Gasteiger partial charge in [0.2, 0.25) is 0 Å². The SMILES string of the molecule is CCCCOc1ccc(C)c2c1/C=C/C[C@@H]1OC(C)(C)O[C@@H]1C(=O)/C=C\[C@@H](C)[C@H](C)OC2=O.CCCCOc1ccc(C)c2c1/C=C/C[C@@H]1OC(C)(C)O[C@@H]1C(O)/C=C\[C@@H](C)[C@H](C)OC2=O. The van der Waals surface area contributed by atoms with E-state index in [0.29, 0.717) is 59.8 Å². The molecule has 12 heteroatoms. The van der Waals surface area contributed by atoms with E-state index in [1.807, 2.05) is 124 Å². The first kappa shape index (κ1) is 52.4. The topological polar surface area (TPSA) is 145 Å². The Morgan fingerprint density at radius 1 is 0.621 bits per heavy atom. The maximum Gasteiger partial charge on any atom is 0.339 e. The number of esters is 2. The molecule has 0 spiro atoms. The summed E-state index contributed by atoms with van der Waals surface area (Å²) in [5.41, 5.74) is 4.06. The molecule has 0 aliphatic carbocycles. The van der Waals surface area contributed by atoms with Crippen molar-refractivity contribution in [2.24, 2.45) is 11.8 Å². The molecule has 2 saturated heterocycles. The summed E-state index contributed by atoms with van der Waals surface area (Å²) in [6.45, 7) is 24.0. The Morgan fingerprint density at radius 2 is 1.09 bits per heavy atom. The molecule has 2 aromatic rings. The maximum atomic E-state index is 13.2. The number of ketones is 1. The second-order valence-corrected chi connectivity index (χ2v) is 18.8. The van der Waals surface area contributed by atoms with E-state index in [1.54, 1.807) is 12.2 Å². The van der Waals surface area contributed by atoms with E-state index in [4.69, 9.17) is 37.9 Å². The van der Waals surface area contributed by atoms with Crippen LogP contribution < -0.4 is 9.47 Å². The van der Waals surface area contributed by atoms with Gasteiger partial charge in [0.1, 0.15) is 42.0 Å². The minimum atomic E-state index is -0.846. The van der Waals surface area contributed by atoms with E-state index < -0.39 is 48.1 Å². The van der Waals surface area contributed by atoms with Crippen LogP contribution in [0.3, 0.4) is 0 Å². The van der Waals surface area contributed by atoms with Crippen LogP contribution >= 0.6 is 0 Å². The number of hydrogen-bond donors (Lipinski definition) is 1. The van der Waals surface area contributed by atoms with Crippen molar-refractivity contribution in [2.75, 3.05) is 13.2 Å². The lowest BCUT2D eigenvalue weighted by Crippen LogP contribution is -2.34. The van der Waals surface area contributed by atoms with Crippen molar-refractivity contribution in [1.82, 2.24) is 0 Å². The normalized spacial score (nSPS) is 30.5. The highest BCUT2D eigenvalue weighted by molar-refractivity contribution is 5.97. The van der Waals surface area contributed by atoms with Gasteiger partial charge in [0.05, 0.1) is 36.5 Å². The fourth-order valence-electron chi connectivity index (χ4n) is 8.14. The largest absolute Gasteiger partial charge is 0.493 e. The first-order chi connectivity index (χ1) is 31.3. The number of cyclic esters (lactones) is 2. The molecule has 9 atom stereocenters. The summed E-state index contributed by atoms with van der Waals surface area (Å²) in [4.78, 5) is 39.3. The van der Waals surface area contributed by atoms with Crippen molar-refractivity contribution in [1.29, 1.82) is 0 Å². The van der Waals surface area contributed by atoms with Gasteiger partial charge in [0.25, 0.3) is 0 Å². The van der Waals surface area contributed by atoms with Gasteiger partial charge in [-0.05, 0) is 110 Å². The average Bonchev–Trinajstić information content (AvgIpc) is 3.75. The van der Waals surface area contributed by atoms with Crippen molar-refractivity contribution in [3.8, 4) is 11.5 Å². The van der Waals surface area contributed by atoms with Crippen molar-refractivity contribution in [2.45, 2.75) is 176 Å². The lowest BCUT2D eigenvalue weighted by atomic mass is 9.97. The molecule has 0 aromatic heterocycles. The molecule has 362 valence electrons. The highest BCUT2D eigenvalue weighted by atomic mass is 16.8. The van der Waals surface area contributed by atoms with Crippen LogP contribution in [0.25, 0.3) is 12.2 Å². The summed E-state index contributed by atoms with van der Waals surface area (Å²) < 4.78 is 47.7. The molecule has 0 radical (unpaired) electrons. The minimum Gasteiger partial charge on any atom is -0.493 e. The number of benzene rings is 2. The second-order valence-electron chi connectivity index (χ2n) is 18.8. The fraction of sp³-hybridized carbons (Fsp3) is 0.574. The summed E-state index contributed by atoms with van der Waals surface area (Å²) in [6, 6.07) is 7.58. The molecule has 1 N–H and O–H groups in total. The Kier molecular flexibility index (Phi) is 18.6. The smallest absolute Gasteiger partial charge is 0.339 e. The van der Waals surface area contributed by atoms with E-state index in [2.05, 4.69) is 13.8 Å². The molecule has 1 unspecified atom stereocenters. The van der Waals surface area contributed by atoms with Crippen LogP contribution in [0, 0.1) is 25.7 Å². The number of aliphatic hydroxyl groups excluding tert-OH is 1. The van der Waals surface area contributed by atoms with Gasteiger partial charge in [0.15, 0.2) is 17.4 Å². The van der Waals surface area contributed by atoms with Crippen LogP contribution in [-0.4, -0.2) is 90.3 Å². The van der Waals surface area contributed by atoms with Gasteiger partial charge >= 0.3 is 11.9 Å². The number of rotatable bonds is 8. The Labute approximate surface area is 392 Å². The van der Waals surface area contributed by atoms with Crippen molar-refractivity contribution in [3.63, 3.8) is 0 Å². The summed E-state index contributed by atoms with van der Waals surface area (Å²) in [5, 5.41) is 10.8. The van der Waals surface area contributed by atoms with Crippen molar-refractivity contribution in [3.05, 3.63) is 94.1 Å². The lowest BCUT2D eigenvalue weighted by molar-refractivity contribution is -0.152. The molecule has 4 heterocycles. The number of carbonyl (C=O) groups excluding carboxylic acids is 3. The van der Waals surface area contributed by atoms with Crippen LogP contribution in [-0.2, 0) is 33.2 Å². The predicted molar refractivity (Wildman–Crippen MR) is 255 cm³/mol. The van der Waals surface area contributed by atoms with Crippen LogP contribution in [0.15, 0.2) is 60.7 Å². The van der Waals surface area contributed by atoms with Crippen molar-refractivity contribution < 1.29 is 57.4 Å². The zero-order valence-electron chi connectivity index (χ0n) is 41.2. The van der Waals surface area contributed by atoms with Gasteiger partial charge < -0.3 is 43.0 Å². The minimum absolute atomic E-state index is 0.0939. The van der Waals surface area contributed by atoms with E-state index >= 15 is 0 Å². The molecular weight excluding hydrogens is 841 g/mol. The Hall–Kier alpha value is -4.59. The van der Waals surface area contributed by atoms with E-state index in [9.17, 15) is 19.5 Å². The van der Waals surface area contributed by atoms with E-state index in [-0.39, 0.29) is 35.8 Å². The predicted octanol–water partition coefficient (Wildman–Crippen LogP) is 10.6. The molecule has 66 heavy (non-hydrogen) atoms. The van der Waals surface area contributed by atoms with Gasteiger partial charge in [-0.15, -0.1) is 0 Å².